The molecule has 1 aliphatic carbocycles. The van der Waals surface area contributed by atoms with Gasteiger partial charge in [-0.3, -0.25) is 0 Å². The van der Waals surface area contributed by atoms with E-state index < -0.39 is 5.60 Å². The standard InChI is InChI=1S/C15H23N3O/c1-4-13-10(2)7-16-14(17-13)18-8-11(3)15(19,9-18)12-5-6-12/h7,11-12,19H,4-6,8-9H2,1-3H3/t11-,15+/m0/s1. The third-order valence-corrected chi connectivity index (χ3v) is 4.76. The molecule has 3 rings (SSSR count). The van der Waals surface area contributed by atoms with Crippen LogP contribution >= 0.6 is 0 Å². The third-order valence-electron chi connectivity index (χ3n) is 4.76. The molecule has 2 aliphatic rings. The number of anilines is 1. The quantitative estimate of drug-likeness (QED) is 0.903. The van der Waals surface area contributed by atoms with E-state index in [0.717, 1.165) is 30.2 Å². The van der Waals surface area contributed by atoms with Crippen molar-refractivity contribution in [1.29, 1.82) is 0 Å². The normalized spacial score (nSPS) is 30.9. The van der Waals surface area contributed by atoms with Gasteiger partial charge in [-0.25, -0.2) is 9.97 Å². The first-order valence-corrected chi connectivity index (χ1v) is 7.34. The van der Waals surface area contributed by atoms with Crippen molar-refractivity contribution in [2.75, 3.05) is 18.0 Å². The van der Waals surface area contributed by atoms with Crippen LogP contribution in [0, 0.1) is 18.8 Å². The number of aryl methyl sites for hydroxylation is 2. The van der Waals surface area contributed by atoms with Gasteiger partial charge in [0.05, 0.1) is 12.1 Å². The molecule has 19 heavy (non-hydrogen) atoms. The first-order chi connectivity index (χ1) is 9.04. The summed E-state index contributed by atoms with van der Waals surface area (Å²) in [6.45, 7) is 7.86. The Morgan fingerprint density at radius 3 is 2.84 bits per heavy atom. The van der Waals surface area contributed by atoms with Gasteiger partial charge in [0, 0.05) is 24.4 Å². The van der Waals surface area contributed by atoms with E-state index in [0.29, 0.717) is 18.4 Å². The Hall–Kier alpha value is -1.16. The van der Waals surface area contributed by atoms with Crippen molar-refractivity contribution >= 4 is 5.95 Å². The van der Waals surface area contributed by atoms with Crippen molar-refractivity contribution < 1.29 is 5.11 Å². The van der Waals surface area contributed by atoms with Gasteiger partial charge in [0.15, 0.2) is 0 Å². The molecule has 1 saturated heterocycles. The van der Waals surface area contributed by atoms with Crippen molar-refractivity contribution in [3.8, 4) is 0 Å². The van der Waals surface area contributed by atoms with Crippen molar-refractivity contribution in [1.82, 2.24) is 9.97 Å². The van der Waals surface area contributed by atoms with Crippen LogP contribution < -0.4 is 4.90 Å². The molecule has 2 atom stereocenters. The summed E-state index contributed by atoms with van der Waals surface area (Å²) in [6, 6.07) is 0. The van der Waals surface area contributed by atoms with Gasteiger partial charge in [-0.05, 0) is 37.7 Å². The lowest BCUT2D eigenvalue weighted by Crippen LogP contribution is -2.39. The SMILES string of the molecule is CCc1nc(N2C[C@H](C)[C@@](O)(C3CC3)C2)ncc1C. The second kappa shape index (κ2) is 4.44. The Kier molecular flexibility index (Phi) is 3.01. The third kappa shape index (κ3) is 2.12. The van der Waals surface area contributed by atoms with E-state index in [1.54, 1.807) is 0 Å². The predicted octanol–water partition coefficient (Wildman–Crippen LogP) is 1.94. The molecule has 2 fully saturated rings. The Bertz CT molecular complexity index is 486. The van der Waals surface area contributed by atoms with Crippen LogP contribution in [0.15, 0.2) is 6.20 Å². The number of nitrogens with zero attached hydrogens (tertiary/aromatic N) is 3. The summed E-state index contributed by atoms with van der Waals surface area (Å²) in [5.41, 5.74) is 1.73. The van der Waals surface area contributed by atoms with E-state index in [-0.39, 0.29) is 0 Å². The van der Waals surface area contributed by atoms with Crippen LogP contribution in [0.3, 0.4) is 0 Å². The fourth-order valence-corrected chi connectivity index (χ4v) is 3.26. The first kappa shape index (κ1) is 12.9. The summed E-state index contributed by atoms with van der Waals surface area (Å²) in [6.07, 6.45) is 5.17. The average Bonchev–Trinajstić information content (AvgIpc) is 3.19. The van der Waals surface area contributed by atoms with Crippen LogP contribution in [-0.4, -0.2) is 33.8 Å². The van der Waals surface area contributed by atoms with Gasteiger partial charge in [0.2, 0.25) is 5.95 Å². The molecule has 2 heterocycles. The maximum absolute atomic E-state index is 10.8. The molecule has 4 nitrogen and oxygen atoms in total. The molecule has 0 radical (unpaired) electrons. The Balaban J connectivity index is 1.84. The topological polar surface area (TPSA) is 49.2 Å². The van der Waals surface area contributed by atoms with Crippen molar-refractivity contribution in [2.24, 2.45) is 11.8 Å². The van der Waals surface area contributed by atoms with E-state index in [1.807, 2.05) is 6.20 Å². The minimum atomic E-state index is -0.527. The summed E-state index contributed by atoms with van der Waals surface area (Å²) >= 11 is 0. The van der Waals surface area contributed by atoms with Gasteiger partial charge in [-0.2, -0.15) is 0 Å². The molecule has 1 aliphatic heterocycles. The van der Waals surface area contributed by atoms with Crippen molar-refractivity contribution in [3.05, 3.63) is 17.5 Å². The van der Waals surface area contributed by atoms with Gasteiger partial charge >= 0.3 is 0 Å². The minimum Gasteiger partial charge on any atom is -0.387 e. The molecule has 104 valence electrons. The lowest BCUT2D eigenvalue weighted by Gasteiger charge is -2.26. The zero-order chi connectivity index (χ0) is 13.6. The monoisotopic (exact) mass is 261 g/mol. The van der Waals surface area contributed by atoms with E-state index in [9.17, 15) is 5.11 Å². The number of aromatic nitrogens is 2. The number of aliphatic hydroxyl groups is 1. The molecule has 1 aromatic heterocycles. The number of hydrogen-bond acceptors (Lipinski definition) is 4. The minimum absolute atomic E-state index is 0.301. The van der Waals surface area contributed by atoms with E-state index in [1.165, 1.54) is 12.8 Å². The number of β-amino-alcohol motifs (C(OH)–C–C–N with tert-alkyl or cyclic N) is 1. The zero-order valence-electron chi connectivity index (χ0n) is 12.1. The van der Waals surface area contributed by atoms with Crippen LogP contribution in [0.2, 0.25) is 0 Å². The highest BCUT2D eigenvalue weighted by molar-refractivity contribution is 5.37. The second-order valence-corrected chi connectivity index (χ2v) is 6.20. The van der Waals surface area contributed by atoms with Gasteiger partial charge in [-0.1, -0.05) is 13.8 Å². The van der Waals surface area contributed by atoms with Gasteiger partial charge in [-0.15, -0.1) is 0 Å². The molecule has 0 aromatic carbocycles. The first-order valence-electron chi connectivity index (χ1n) is 7.34. The second-order valence-electron chi connectivity index (χ2n) is 6.20. The summed E-state index contributed by atoms with van der Waals surface area (Å²) in [4.78, 5) is 11.3. The Morgan fingerprint density at radius 2 is 2.21 bits per heavy atom. The molecule has 1 N–H and O–H groups in total. The lowest BCUT2D eigenvalue weighted by molar-refractivity contribution is 0.00279. The molecule has 0 amide bonds. The van der Waals surface area contributed by atoms with Crippen LogP contribution in [0.1, 0.15) is 37.9 Å². The number of rotatable bonds is 3. The van der Waals surface area contributed by atoms with Gasteiger partial charge in [0.25, 0.3) is 0 Å². The van der Waals surface area contributed by atoms with E-state index in [2.05, 4.69) is 35.6 Å². The van der Waals surface area contributed by atoms with Crippen LogP contribution in [0.4, 0.5) is 5.95 Å². The Labute approximate surface area is 114 Å². The van der Waals surface area contributed by atoms with Crippen LogP contribution in [0.25, 0.3) is 0 Å². The molecule has 1 aromatic rings. The van der Waals surface area contributed by atoms with Gasteiger partial charge < -0.3 is 10.0 Å². The molecule has 1 saturated carbocycles. The van der Waals surface area contributed by atoms with Crippen molar-refractivity contribution in [3.63, 3.8) is 0 Å². The maximum atomic E-state index is 10.8. The maximum Gasteiger partial charge on any atom is 0.225 e. The highest BCUT2D eigenvalue weighted by Gasteiger charge is 2.52. The molecule has 0 spiro atoms. The van der Waals surface area contributed by atoms with Gasteiger partial charge in [0.1, 0.15) is 0 Å². The molecule has 0 unspecified atom stereocenters. The average molecular weight is 261 g/mol. The Morgan fingerprint density at radius 1 is 1.47 bits per heavy atom. The largest absolute Gasteiger partial charge is 0.387 e. The summed E-state index contributed by atoms with van der Waals surface area (Å²) in [7, 11) is 0. The fourth-order valence-electron chi connectivity index (χ4n) is 3.26. The zero-order valence-corrected chi connectivity index (χ0v) is 12.1. The summed E-state index contributed by atoms with van der Waals surface area (Å²) in [5.74, 6) is 1.57. The summed E-state index contributed by atoms with van der Waals surface area (Å²) in [5, 5.41) is 10.8. The molecular formula is C15H23N3O. The fraction of sp³-hybridized carbons (Fsp3) is 0.733. The van der Waals surface area contributed by atoms with E-state index >= 15 is 0 Å². The summed E-state index contributed by atoms with van der Waals surface area (Å²) < 4.78 is 0. The highest BCUT2D eigenvalue weighted by Crippen LogP contribution is 2.47. The predicted molar refractivity (Wildman–Crippen MR) is 75.2 cm³/mol. The molecule has 4 heteroatoms. The number of hydrogen-bond donors (Lipinski definition) is 1. The molecular weight excluding hydrogens is 238 g/mol. The van der Waals surface area contributed by atoms with Crippen LogP contribution in [-0.2, 0) is 6.42 Å². The lowest BCUT2D eigenvalue weighted by atomic mass is 9.88. The van der Waals surface area contributed by atoms with E-state index in [4.69, 9.17) is 0 Å². The molecule has 0 bridgehead atoms. The highest BCUT2D eigenvalue weighted by atomic mass is 16.3. The van der Waals surface area contributed by atoms with Crippen LogP contribution in [0.5, 0.6) is 0 Å². The van der Waals surface area contributed by atoms with Crippen molar-refractivity contribution in [2.45, 2.75) is 45.6 Å². The smallest absolute Gasteiger partial charge is 0.225 e.